The highest BCUT2D eigenvalue weighted by molar-refractivity contribution is 5.78. The van der Waals surface area contributed by atoms with Crippen LogP contribution >= 0.6 is 0 Å². The molecular weight excluding hydrogens is 236 g/mol. The lowest BCUT2D eigenvalue weighted by Gasteiger charge is -2.27. The number of anilines is 2. The molecule has 2 aromatic carbocycles. The number of hydrogen-bond donors (Lipinski definition) is 2. The van der Waals surface area contributed by atoms with E-state index >= 15 is 0 Å². The van der Waals surface area contributed by atoms with Crippen LogP contribution in [0.15, 0.2) is 48.5 Å². The number of nitrogens with zero attached hydrogens (tertiary/aromatic N) is 1. The van der Waals surface area contributed by atoms with E-state index in [1.54, 1.807) is 6.07 Å². The third kappa shape index (κ3) is 1.65. The fraction of sp³-hybridized carbons (Fsp3) is 0.250. The van der Waals surface area contributed by atoms with Crippen molar-refractivity contribution in [3.63, 3.8) is 0 Å². The summed E-state index contributed by atoms with van der Waals surface area (Å²) in [5.74, 6) is 0.360. The van der Waals surface area contributed by atoms with Crippen LogP contribution in [0.4, 0.5) is 11.4 Å². The summed E-state index contributed by atoms with van der Waals surface area (Å²) in [6.07, 6.45) is 2.52. The summed E-state index contributed by atoms with van der Waals surface area (Å²) in [6.45, 7) is 0. The van der Waals surface area contributed by atoms with Crippen LogP contribution in [0, 0.1) is 0 Å². The summed E-state index contributed by atoms with van der Waals surface area (Å²) in [4.78, 5) is 2.41. The van der Waals surface area contributed by atoms with E-state index in [0.29, 0.717) is 11.8 Å². The van der Waals surface area contributed by atoms with E-state index in [4.69, 9.17) is 0 Å². The molecule has 19 heavy (non-hydrogen) atoms. The molecule has 96 valence electrons. The average Bonchev–Trinajstić information content (AvgIpc) is 3.19. The Hall–Kier alpha value is -2.16. The normalized spacial score (nSPS) is 21.1. The third-order valence-corrected chi connectivity index (χ3v) is 3.92. The molecule has 0 radical (unpaired) electrons. The maximum Gasteiger partial charge on any atom is 0.129 e. The number of nitrogens with one attached hydrogen (secondary N) is 1. The Labute approximate surface area is 112 Å². The van der Waals surface area contributed by atoms with Crippen molar-refractivity contribution in [3.05, 3.63) is 54.1 Å². The van der Waals surface area contributed by atoms with Crippen molar-refractivity contribution in [1.82, 2.24) is 0 Å². The minimum absolute atomic E-state index is 0.0473. The minimum atomic E-state index is 0.0473. The number of fused-ring (bicyclic) bond motifs is 1. The van der Waals surface area contributed by atoms with E-state index in [1.807, 2.05) is 24.3 Å². The van der Waals surface area contributed by atoms with Crippen LogP contribution in [0.5, 0.6) is 5.75 Å². The Morgan fingerprint density at radius 3 is 2.53 bits per heavy atom. The second-order valence-electron chi connectivity index (χ2n) is 5.26. The van der Waals surface area contributed by atoms with Gasteiger partial charge in [0.05, 0.1) is 11.4 Å². The van der Waals surface area contributed by atoms with Gasteiger partial charge < -0.3 is 15.3 Å². The molecule has 1 heterocycles. The lowest BCUT2D eigenvalue weighted by molar-refractivity contribution is 0.462. The Kier molecular flexibility index (Phi) is 2.21. The molecule has 2 N–H and O–H groups in total. The first-order valence-corrected chi connectivity index (χ1v) is 6.76. The van der Waals surface area contributed by atoms with Gasteiger partial charge in [-0.2, -0.15) is 0 Å². The highest BCUT2D eigenvalue weighted by Gasteiger charge is 2.40. The van der Waals surface area contributed by atoms with E-state index < -0.39 is 0 Å². The smallest absolute Gasteiger partial charge is 0.129 e. The zero-order valence-corrected chi connectivity index (χ0v) is 10.6. The van der Waals surface area contributed by atoms with Crippen molar-refractivity contribution in [2.45, 2.75) is 25.0 Å². The predicted molar refractivity (Wildman–Crippen MR) is 76.4 cm³/mol. The van der Waals surface area contributed by atoms with Gasteiger partial charge in [-0.25, -0.2) is 0 Å². The average molecular weight is 252 g/mol. The van der Waals surface area contributed by atoms with Crippen LogP contribution in [-0.4, -0.2) is 11.1 Å². The summed E-state index contributed by atoms with van der Waals surface area (Å²) < 4.78 is 0. The summed E-state index contributed by atoms with van der Waals surface area (Å²) >= 11 is 0. The number of hydrogen-bond acceptors (Lipinski definition) is 3. The predicted octanol–water partition coefficient (Wildman–Crippen LogP) is 3.49. The summed E-state index contributed by atoms with van der Waals surface area (Å²) in [7, 11) is 0. The molecule has 0 aromatic heterocycles. The second-order valence-corrected chi connectivity index (χ2v) is 5.26. The molecule has 3 nitrogen and oxygen atoms in total. The first kappa shape index (κ1) is 10.7. The molecule has 0 saturated heterocycles. The maximum atomic E-state index is 10.1. The van der Waals surface area contributed by atoms with Gasteiger partial charge in [0.1, 0.15) is 11.9 Å². The molecule has 2 aromatic rings. The quantitative estimate of drug-likeness (QED) is 0.859. The molecule has 0 amide bonds. The molecule has 1 aliphatic carbocycles. The van der Waals surface area contributed by atoms with Gasteiger partial charge in [0.25, 0.3) is 0 Å². The van der Waals surface area contributed by atoms with Crippen molar-refractivity contribution in [3.8, 4) is 5.75 Å². The molecule has 1 atom stereocenters. The van der Waals surface area contributed by atoms with Crippen molar-refractivity contribution < 1.29 is 5.11 Å². The highest BCUT2D eigenvalue weighted by atomic mass is 16.3. The fourth-order valence-corrected chi connectivity index (χ4v) is 2.88. The molecule has 1 unspecified atom stereocenters. The van der Waals surface area contributed by atoms with Gasteiger partial charge in [0, 0.05) is 11.6 Å². The van der Waals surface area contributed by atoms with E-state index in [1.165, 1.54) is 18.5 Å². The summed E-state index contributed by atoms with van der Waals surface area (Å²) in [5.41, 5.74) is 3.35. The second kappa shape index (κ2) is 3.92. The van der Waals surface area contributed by atoms with Gasteiger partial charge in [-0.1, -0.05) is 30.3 Å². The van der Waals surface area contributed by atoms with E-state index in [9.17, 15) is 5.11 Å². The maximum absolute atomic E-state index is 10.1. The number of benzene rings is 2. The van der Waals surface area contributed by atoms with Crippen LogP contribution in [0.3, 0.4) is 0 Å². The number of phenolic OH excluding ortho intramolecular Hbond substituents is 1. The largest absolute Gasteiger partial charge is 0.508 e. The van der Waals surface area contributed by atoms with Crippen molar-refractivity contribution in [2.75, 3.05) is 10.2 Å². The first-order chi connectivity index (χ1) is 9.34. The van der Waals surface area contributed by atoms with Crippen LogP contribution < -0.4 is 10.2 Å². The van der Waals surface area contributed by atoms with E-state index in [-0.39, 0.29) is 6.17 Å². The van der Waals surface area contributed by atoms with Crippen LogP contribution in [0.2, 0.25) is 0 Å². The molecule has 1 fully saturated rings. The third-order valence-electron chi connectivity index (χ3n) is 3.92. The fourth-order valence-electron chi connectivity index (χ4n) is 2.88. The molecule has 2 aliphatic rings. The van der Waals surface area contributed by atoms with Gasteiger partial charge in [0.2, 0.25) is 0 Å². The molecule has 3 heteroatoms. The molecule has 0 bridgehead atoms. The molecule has 1 aliphatic heterocycles. The number of para-hydroxylation sites is 3. The molecule has 0 spiro atoms. The Morgan fingerprint density at radius 1 is 1.00 bits per heavy atom. The number of phenols is 1. The van der Waals surface area contributed by atoms with Crippen LogP contribution in [0.1, 0.15) is 24.6 Å². The van der Waals surface area contributed by atoms with Gasteiger partial charge in [-0.15, -0.1) is 0 Å². The minimum Gasteiger partial charge on any atom is -0.508 e. The van der Waals surface area contributed by atoms with Crippen LogP contribution in [-0.2, 0) is 0 Å². The zero-order chi connectivity index (χ0) is 12.8. The number of aromatic hydroxyl groups is 1. The number of rotatable bonds is 2. The van der Waals surface area contributed by atoms with E-state index in [0.717, 1.165) is 11.3 Å². The van der Waals surface area contributed by atoms with Crippen molar-refractivity contribution >= 4 is 11.4 Å². The standard InChI is InChI=1S/C16H16N2O/c19-15-8-4-1-5-12(15)16-17-13-6-2-3-7-14(13)18(16)11-9-10-11/h1-8,11,16-17,19H,9-10H2. The topological polar surface area (TPSA) is 35.5 Å². The molecular formula is C16H16N2O. The SMILES string of the molecule is Oc1ccccc1C1Nc2ccccc2N1C1CC1. The lowest BCUT2D eigenvalue weighted by Crippen LogP contribution is -2.30. The highest BCUT2D eigenvalue weighted by Crippen LogP contribution is 2.48. The summed E-state index contributed by atoms with van der Waals surface area (Å²) in [6, 6.07) is 16.6. The Bertz CT molecular complexity index is 622. The Morgan fingerprint density at radius 2 is 1.74 bits per heavy atom. The van der Waals surface area contributed by atoms with Gasteiger partial charge in [-0.3, -0.25) is 0 Å². The zero-order valence-electron chi connectivity index (χ0n) is 10.6. The van der Waals surface area contributed by atoms with Gasteiger partial charge >= 0.3 is 0 Å². The molecule has 4 rings (SSSR count). The molecule has 1 saturated carbocycles. The van der Waals surface area contributed by atoms with Gasteiger partial charge in [0.15, 0.2) is 0 Å². The lowest BCUT2D eigenvalue weighted by atomic mass is 10.1. The van der Waals surface area contributed by atoms with Gasteiger partial charge in [-0.05, 0) is 31.0 Å². The van der Waals surface area contributed by atoms with Crippen molar-refractivity contribution in [1.29, 1.82) is 0 Å². The van der Waals surface area contributed by atoms with E-state index in [2.05, 4.69) is 28.4 Å². The van der Waals surface area contributed by atoms with Crippen molar-refractivity contribution in [2.24, 2.45) is 0 Å². The Balaban J connectivity index is 1.80. The van der Waals surface area contributed by atoms with Crippen LogP contribution in [0.25, 0.3) is 0 Å². The first-order valence-electron chi connectivity index (χ1n) is 6.76. The monoisotopic (exact) mass is 252 g/mol. The summed E-state index contributed by atoms with van der Waals surface area (Å²) in [5, 5.41) is 13.6.